The average molecular weight is 510 g/mol. The van der Waals surface area contributed by atoms with Crippen LogP contribution in [0.25, 0.3) is 5.32 Å². The molecule has 1 aliphatic heterocycles. The Morgan fingerprint density at radius 3 is 2.56 bits per heavy atom. The summed E-state index contributed by atoms with van der Waals surface area (Å²) in [4.78, 5) is 47.6. The molecule has 0 bridgehead atoms. The zero-order valence-electron chi connectivity index (χ0n) is 15.1. The van der Waals surface area contributed by atoms with Crippen LogP contribution in [0.1, 0.15) is 33.1 Å². The first-order valence-electron chi connectivity index (χ1n) is 7.15. The number of likely N-dealkylation sites (tertiary alicyclic amines) is 1. The maximum absolute atomic E-state index is 12.6. The molecule has 0 aromatic rings. The Balaban J connectivity index is 0.00000288. The molecular weight excluding hydrogens is 493 g/mol. The van der Waals surface area contributed by atoms with Crippen molar-refractivity contribution in [2.45, 2.75) is 39.2 Å². The van der Waals surface area contributed by atoms with Crippen molar-refractivity contribution in [1.29, 1.82) is 0 Å². The Kier molecular flexibility index (Phi) is 13.0. The molecule has 0 radical (unpaired) electrons. The minimum absolute atomic E-state index is 0. The van der Waals surface area contributed by atoms with Crippen LogP contribution in [0, 0.1) is 16.1 Å². The minimum Gasteiger partial charge on any atom is -0.455 e. The number of allylic oxidation sites excluding steroid dienone is 1. The Bertz CT molecular complexity index is 587. The van der Waals surface area contributed by atoms with Gasteiger partial charge in [0.05, 0.1) is 0 Å². The average Bonchev–Trinajstić information content (AvgIpc) is 3.05. The van der Waals surface area contributed by atoms with Crippen LogP contribution in [0.15, 0.2) is 15.9 Å². The normalized spacial score (nSPS) is 23.0. The van der Waals surface area contributed by atoms with Crippen LogP contribution in [0.5, 0.6) is 0 Å². The molecule has 1 heterocycles. The van der Waals surface area contributed by atoms with Crippen LogP contribution in [-0.2, 0) is 14.3 Å². The van der Waals surface area contributed by atoms with Crippen molar-refractivity contribution in [2.24, 2.45) is 10.5 Å². The number of urea groups is 1. The molecule has 2 unspecified atom stereocenters. The number of hydrogen-bond acceptors (Lipinski definition) is 7. The second-order valence-corrected chi connectivity index (χ2v) is 6.31. The van der Waals surface area contributed by atoms with E-state index in [1.54, 1.807) is 0 Å². The van der Waals surface area contributed by atoms with Gasteiger partial charge in [0, 0.05) is 5.57 Å². The van der Waals surface area contributed by atoms with Crippen molar-refractivity contribution in [2.75, 3.05) is 7.05 Å². The molecule has 2 aliphatic rings. The number of carbonyl (C=O) groups excluding carboxylic acids is 3. The molecule has 0 spiro atoms. The van der Waals surface area contributed by atoms with Gasteiger partial charge in [-0.05, 0) is 36.3 Å². The molecule has 1 saturated heterocycles. The summed E-state index contributed by atoms with van der Waals surface area (Å²) in [6.45, 7) is 2.93. The zero-order chi connectivity index (χ0) is 17.1. The second kappa shape index (κ2) is 12.2. The molecule has 11 heteroatoms. The van der Waals surface area contributed by atoms with Gasteiger partial charge in [-0.3, -0.25) is 14.4 Å². The van der Waals surface area contributed by atoms with E-state index < -0.39 is 17.9 Å². The predicted molar refractivity (Wildman–Crippen MR) is 83.7 cm³/mol. The molecule has 1 saturated carbocycles. The van der Waals surface area contributed by atoms with E-state index in [0.29, 0.717) is 17.5 Å². The summed E-state index contributed by atoms with van der Waals surface area (Å²) in [5.41, 5.74) is 0.342. The Hall–Kier alpha value is 1.58. The third kappa shape index (κ3) is 6.03. The Morgan fingerprint density at radius 2 is 2.00 bits per heavy atom. The maximum atomic E-state index is 12.6. The number of esters is 1. The van der Waals surface area contributed by atoms with Crippen LogP contribution in [-0.4, -0.2) is 35.9 Å². The predicted octanol–water partition coefficient (Wildman–Crippen LogP) is -3.09. The molecule has 8 nitrogen and oxygen atoms in total. The first-order valence-corrected chi connectivity index (χ1v) is 7.93. The van der Waals surface area contributed by atoms with Crippen molar-refractivity contribution in [1.82, 2.24) is 4.90 Å². The number of hydrogen-bond donors (Lipinski definition) is 0. The third-order valence-electron chi connectivity index (χ3n) is 4.12. The van der Waals surface area contributed by atoms with Crippen LogP contribution in [0.3, 0.4) is 0 Å². The van der Waals surface area contributed by atoms with Gasteiger partial charge in [-0.2, -0.15) is 12.2 Å². The minimum atomic E-state index is -0.730. The van der Waals surface area contributed by atoms with E-state index in [1.165, 1.54) is 20.9 Å². The van der Waals surface area contributed by atoms with Crippen molar-refractivity contribution in [3.8, 4) is 0 Å². The molecule has 25 heavy (non-hydrogen) atoms. The molecular formula is C14H17N3O5Rb2S. The quantitative estimate of drug-likeness (QED) is 0.0992. The molecule has 2 rings (SSSR count). The van der Waals surface area contributed by atoms with Gasteiger partial charge < -0.3 is 15.0 Å². The smallest absolute Gasteiger partial charge is 0.455 e. The molecule has 2 atom stereocenters. The summed E-state index contributed by atoms with van der Waals surface area (Å²) in [5.74, 6) is -1.17. The summed E-state index contributed by atoms with van der Waals surface area (Å²) >= 11 is 0.478. The SMILES string of the molecule is C[N-]C(=O)N1C(=O)/C(=C(/C)OC(=O)[C-](C)SN=O)C2CCCC21.[Rb+].[Rb+]. The first-order chi connectivity index (χ1) is 10.9. The van der Waals surface area contributed by atoms with Crippen LogP contribution < -0.4 is 116 Å². The van der Waals surface area contributed by atoms with E-state index in [4.69, 9.17) is 4.74 Å². The zero-order valence-corrected chi connectivity index (χ0v) is 25.7. The van der Waals surface area contributed by atoms with E-state index in [-0.39, 0.29) is 139 Å². The van der Waals surface area contributed by atoms with Gasteiger partial charge >= 0.3 is 116 Å². The van der Waals surface area contributed by atoms with Crippen LogP contribution >= 0.6 is 11.9 Å². The van der Waals surface area contributed by atoms with Crippen molar-refractivity contribution < 1.29 is 135 Å². The molecule has 0 N–H and O–H groups in total. The van der Waals surface area contributed by atoms with E-state index >= 15 is 0 Å². The van der Waals surface area contributed by atoms with E-state index in [1.807, 2.05) is 0 Å². The fourth-order valence-corrected chi connectivity index (χ4v) is 3.36. The Labute approximate surface area is 248 Å². The molecule has 0 aromatic heterocycles. The summed E-state index contributed by atoms with van der Waals surface area (Å²) in [5, 5.41) is 3.64. The standard InChI is InChI=1S/C14H18N3O5S.2Rb/c1-7(22-13(19)8(2)23-16-21)11-9-5-4-6-10(9)17(12(11)18)14(20)15-3;;/h9-10H,4-6H2,1-3H3,(H,15,20);;/q-1;2*+1/p-1/b11-7-;;. The third-order valence-corrected chi connectivity index (χ3v) is 4.63. The number of carbonyl (C=O) groups is 3. The molecule has 1 aliphatic carbocycles. The van der Waals surface area contributed by atoms with Gasteiger partial charge in [0.25, 0.3) is 0 Å². The molecule has 126 valence electrons. The largest absolute Gasteiger partial charge is 1.00 e. The fraction of sp³-hybridized carbons (Fsp3) is 0.571. The number of ether oxygens (including phenoxy) is 1. The molecule has 0 aromatic carbocycles. The summed E-state index contributed by atoms with van der Waals surface area (Å²) in [6.07, 6.45) is 2.36. The summed E-state index contributed by atoms with van der Waals surface area (Å²) in [7, 11) is 1.34. The molecule has 3 amide bonds. The number of nitrogens with zero attached hydrogens (tertiary/aromatic N) is 3. The number of imide groups is 1. The van der Waals surface area contributed by atoms with Gasteiger partial charge in [-0.25, -0.2) is 0 Å². The van der Waals surface area contributed by atoms with Gasteiger partial charge in [-0.1, -0.05) is 13.5 Å². The van der Waals surface area contributed by atoms with Gasteiger partial charge in [-0.15, -0.1) is 16.9 Å². The van der Waals surface area contributed by atoms with Crippen LogP contribution in [0.2, 0.25) is 0 Å². The van der Waals surface area contributed by atoms with Crippen LogP contribution in [0.4, 0.5) is 4.79 Å². The monoisotopic (exact) mass is 509 g/mol. The maximum Gasteiger partial charge on any atom is 1.00 e. The van der Waals surface area contributed by atoms with Crippen molar-refractivity contribution in [3.63, 3.8) is 0 Å². The van der Waals surface area contributed by atoms with Gasteiger partial charge in [0.1, 0.15) is 5.76 Å². The van der Waals surface area contributed by atoms with Gasteiger partial charge in [0.2, 0.25) is 0 Å². The van der Waals surface area contributed by atoms with Crippen molar-refractivity contribution >= 4 is 29.9 Å². The number of rotatable bonds is 4. The summed E-state index contributed by atoms with van der Waals surface area (Å²) in [6, 6.07) is -0.803. The second-order valence-electron chi connectivity index (χ2n) is 5.37. The molecule has 2 fully saturated rings. The number of fused-ring (bicyclic) bond motifs is 1. The fourth-order valence-electron chi connectivity index (χ4n) is 3.13. The first kappa shape index (κ1) is 26.6. The number of nitroso groups, excluding NO2 is 1. The number of amides is 3. The van der Waals surface area contributed by atoms with E-state index in [0.717, 1.165) is 24.2 Å². The van der Waals surface area contributed by atoms with E-state index in [9.17, 15) is 19.3 Å². The van der Waals surface area contributed by atoms with Crippen molar-refractivity contribution in [3.05, 3.63) is 26.8 Å². The van der Waals surface area contributed by atoms with Gasteiger partial charge in [0.15, 0.2) is 17.9 Å². The Morgan fingerprint density at radius 1 is 1.36 bits per heavy atom. The van der Waals surface area contributed by atoms with E-state index in [2.05, 4.69) is 9.90 Å². The summed E-state index contributed by atoms with van der Waals surface area (Å²) < 4.78 is 7.74. The topological polar surface area (TPSA) is 107 Å².